The van der Waals surface area contributed by atoms with Crippen LogP contribution in [0.2, 0.25) is 0 Å². The molecule has 2 heterocycles. The van der Waals surface area contributed by atoms with E-state index in [4.69, 9.17) is 11.6 Å². The van der Waals surface area contributed by atoms with Crippen LogP contribution in [-0.2, 0) is 4.79 Å². The summed E-state index contributed by atoms with van der Waals surface area (Å²) in [6, 6.07) is -1.03. The van der Waals surface area contributed by atoms with Crippen LogP contribution in [0.25, 0.3) is 0 Å². The van der Waals surface area contributed by atoms with Crippen molar-refractivity contribution in [2.24, 2.45) is 4.99 Å². The summed E-state index contributed by atoms with van der Waals surface area (Å²) < 4.78 is 0. The first kappa shape index (κ1) is 17.1. The fraction of sp³-hybridized carbons (Fsp3) is 0.615. The Kier molecular flexibility index (Phi) is 5.36. The van der Waals surface area contributed by atoms with Crippen LogP contribution < -0.4 is 5.32 Å². The molecule has 1 saturated heterocycles. The molecule has 0 saturated carbocycles. The number of hydrogen-bond acceptors (Lipinski definition) is 6. The average Bonchev–Trinajstić information content (AvgIpc) is 2.79. The molecule has 9 heteroatoms. The molecular weight excluding hydrogens is 328 g/mol. The largest absolute Gasteiger partial charge is 0.393 e. The van der Waals surface area contributed by atoms with Gasteiger partial charge in [-0.2, -0.15) is 0 Å². The van der Waals surface area contributed by atoms with Crippen LogP contribution >= 0.6 is 23.4 Å². The van der Waals surface area contributed by atoms with Crippen molar-refractivity contribution >= 4 is 40.5 Å². The number of imide groups is 1. The number of carbonyl (C=O) groups is 2. The van der Waals surface area contributed by atoms with Gasteiger partial charge in [-0.05, 0) is 13.8 Å². The van der Waals surface area contributed by atoms with Crippen LogP contribution in [0.15, 0.2) is 16.1 Å². The van der Waals surface area contributed by atoms with Crippen LogP contribution in [-0.4, -0.2) is 69.7 Å². The minimum Gasteiger partial charge on any atom is -0.393 e. The molecule has 0 aliphatic carbocycles. The number of carbonyl (C=O) groups excluding carboxylic acids is 2. The summed E-state index contributed by atoms with van der Waals surface area (Å²) in [4.78, 5) is 31.6. The number of urea groups is 1. The average molecular weight is 347 g/mol. The van der Waals surface area contributed by atoms with E-state index in [9.17, 15) is 14.7 Å². The number of rotatable bonds is 4. The number of likely N-dealkylation sites (N-methyl/N-ethyl adjacent to an activating group) is 1. The molecule has 1 fully saturated rings. The van der Waals surface area contributed by atoms with Crippen molar-refractivity contribution < 1.29 is 14.7 Å². The number of nitrogens with one attached hydrogen (secondary N) is 1. The van der Waals surface area contributed by atoms with Crippen LogP contribution in [0, 0.1) is 0 Å². The number of hydrogen-bond donors (Lipinski definition) is 2. The van der Waals surface area contributed by atoms with Crippen LogP contribution in [0.1, 0.15) is 13.8 Å². The van der Waals surface area contributed by atoms with Crippen LogP contribution in [0.4, 0.5) is 4.79 Å². The smallest absolute Gasteiger partial charge is 0.325 e. The first-order valence-corrected chi connectivity index (χ1v) is 8.23. The summed E-state index contributed by atoms with van der Waals surface area (Å²) in [5.41, 5.74) is 0. The minimum absolute atomic E-state index is 0.370. The molecule has 2 aliphatic heterocycles. The van der Waals surface area contributed by atoms with E-state index in [0.717, 1.165) is 0 Å². The number of amides is 3. The van der Waals surface area contributed by atoms with Crippen LogP contribution in [0.5, 0.6) is 0 Å². The van der Waals surface area contributed by atoms with Gasteiger partial charge in [0.2, 0.25) is 0 Å². The third-order valence-corrected chi connectivity index (χ3v) is 4.75. The lowest BCUT2D eigenvalue weighted by Gasteiger charge is -2.35. The first-order chi connectivity index (χ1) is 10.3. The Morgan fingerprint density at radius 1 is 1.59 bits per heavy atom. The molecular formula is C13H19ClN4O3S. The number of thioether (sulfide) groups is 1. The van der Waals surface area contributed by atoms with Crippen molar-refractivity contribution in [3.8, 4) is 0 Å². The van der Waals surface area contributed by atoms with Gasteiger partial charge >= 0.3 is 6.03 Å². The molecule has 2 aliphatic rings. The summed E-state index contributed by atoms with van der Waals surface area (Å²) in [6.45, 7) is 3.86. The molecule has 0 spiro atoms. The molecule has 3 amide bonds. The van der Waals surface area contributed by atoms with E-state index in [0.29, 0.717) is 22.5 Å². The Hall–Kier alpha value is -1.25. The second-order valence-corrected chi connectivity index (χ2v) is 6.86. The predicted molar refractivity (Wildman–Crippen MR) is 86.8 cm³/mol. The fourth-order valence-corrected chi connectivity index (χ4v) is 3.23. The van der Waals surface area contributed by atoms with Crippen LogP contribution in [0.3, 0.4) is 0 Å². The summed E-state index contributed by atoms with van der Waals surface area (Å²) in [5.74, 6) is 0.0857. The van der Waals surface area contributed by atoms with Gasteiger partial charge in [-0.15, -0.1) is 0 Å². The number of amidine groups is 1. The highest BCUT2D eigenvalue weighted by atomic mass is 35.5. The molecule has 0 aromatic rings. The van der Waals surface area contributed by atoms with Gasteiger partial charge in [0.15, 0.2) is 17.4 Å². The van der Waals surface area contributed by atoms with E-state index in [2.05, 4.69) is 10.3 Å². The Morgan fingerprint density at radius 3 is 2.86 bits per heavy atom. The molecule has 0 radical (unpaired) electrons. The van der Waals surface area contributed by atoms with E-state index >= 15 is 0 Å². The number of aliphatic imine (C=N–C) groups is 1. The van der Waals surface area contributed by atoms with E-state index in [1.807, 2.05) is 4.90 Å². The maximum atomic E-state index is 12.2. The SMILES string of the molecule is C/C(Cl)=C\CN1C(SCC(C)O)=NC2C1C(=O)NC(=O)N2C. The zero-order chi connectivity index (χ0) is 16.4. The number of aliphatic hydroxyl groups is 1. The zero-order valence-electron chi connectivity index (χ0n) is 12.6. The van der Waals surface area contributed by atoms with E-state index in [1.54, 1.807) is 27.0 Å². The van der Waals surface area contributed by atoms with Crippen molar-refractivity contribution in [1.82, 2.24) is 15.1 Å². The van der Waals surface area contributed by atoms with Crippen molar-refractivity contribution in [2.45, 2.75) is 32.2 Å². The maximum absolute atomic E-state index is 12.2. The zero-order valence-corrected chi connectivity index (χ0v) is 14.2. The molecule has 0 aromatic carbocycles. The standard InChI is InChI=1S/C13H19ClN4O3S/c1-7(14)4-5-18-9-10(15-13(18)22-6-8(2)19)17(3)12(21)16-11(9)20/h4,8-10,19H,5-6H2,1-3H3,(H,16,20,21)/b7-4+. The summed E-state index contributed by atoms with van der Waals surface area (Å²) in [6.07, 6.45) is 0.740. The predicted octanol–water partition coefficient (Wildman–Crippen LogP) is 0.791. The number of fused-ring (bicyclic) bond motifs is 1. The third kappa shape index (κ3) is 3.56. The summed E-state index contributed by atoms with van der Waals surface area (Å²) >= 11 is 7.24. The molecule has 0 bridgehead atoms. The van der Waals surface area contributed by atoms with Crippen molar-refractivity contribution in [3.05, 3.63) is 11.1 Å². The minimum atomic E-state index is -0.577. The molecule has 7 nitrogen and oxygen atoms in total. The molecule has 0 aromatic heterocycles. The third-order valence-electron chi connectivity index (χ3n) is 3.35. The van der Waals surface area contributed by atoms with Gasteiger partial charge in [0.05, 0.1) is 6.10 Å². The highest BCUT2D eigenvalue weighted by Crippen LogP contribution is 2.28. The lowest BCUT2D eigenvalue weighted by molar-refractivity contribution is -0.126. The summed E-state index contributed by atoms with van der Waals surface area (Å²) in [7, 11) is 1.60. The second kappa shape index (κ2) is 6.89. The Morgan fingerprint density at radius 2 is 2.27 bits per heavy atom. The molecule has 2 rings (SSSR count). The van der Waals surface area contributed by atoms with Gasteiger partial charge < -0.3 is 14.9 Å². The van der Waals surface area contributed by atoms with Gasteiger partial charge in [0, 0.05) is 24.4 Å². The Balaban J connectivity index is 2.25. The van der Waals surface area contributed by atoms with Crippen molar-refractivity contribution in [2.75, 3.05) is 19.3 Å². The molecule has 3 unspecified atom stereocenters. The van der Waals surface area contributed by atoms with Crippen molar-refractivity contribution in [1.29, 1.82) is 0 Å². The van der Waals surface area contributed by atoms with Gasteiger partial charge in [-0.25, -0.2) is 9.79 Å². The maximum Gasteiger partial charge on any atom is 0.325 e. The number of allylic oxidation sites excluding steroid dienone is 1. The Labute approximate surface area is 138 Å². The van der Waals surface area contributed by atoms with E-state index < -0.39 is 24.3 Å². The van der Waals surface area contributed by atoms with Gasteiger partial charge in [0.25, 0.3) is 5.91 Å². The fourth-order valence-electron chi connectivity index (χ4n) is 2.23. The number of halogens is 1. The molecule has 22 heavy (non-hydrogen) atoms. The van der Waals surface area contributed by atoms with E-state index in [1.165, 1.54) is 16.7 Å². The molecule has 2 N–H and O–H groups in total. The molecule has 3 atom stereocenters. The summed E-state index contributed by atoms with van der Waals surface area (Å²) in [5, 5.41) is 13.0. The highest BCUT2D eigenvalue weighted by Gasteiger charge is 2.48. The Bertz CT molecular complexity index is 533. The van der Waals surface area contributed by atoms with Gasteiger partial charge in [-0.1, -0.05) is 29.4 Å². The second-order valence-electron chi connectivity index (χ2n) is 5.28. The molecule has 122 valence electrons. The lowest BCUT2D eigenvalue weighted by Crippen LogP contribution is -2.63. The van der Waals surface area contributed by atoms with Gasteiger partial charge in [0.1, 0.15) is 0 Å². The van der Waals surface area contributed by atoms with Crippen molar-refractivity contribution in [3.63, 3.8) is 0 Å². The number of nitrogens with zero attached hydrogens (tertiary/aromatic N) is 3. The topological polar surface area (TPSA) is 85.2 Å². The van der Waals surface area contributed by atoms with Gasteiger partial charge in [-0.3, -0.25) is 10.1 Å². The normalized spacial score (nSPS) is 26.8. The monoisotopic (exact) mass is 346 g/mol. The highest BCUT2D eigenvalue weighted by molar-refractivity contribution is 8.13. The number of aliphatic hydroxyl groups excluding tert-OH is 1. The first-order valence-electron chi connectivity index (χ1n) is 6.86. The lowest BCUT2D eigenvalue weighted by atomic mass is 10.1. The quantitative estimate of drug-likeness (QED) is 0.786. The van der Waals surface area contributed by atoms with E-state index in [-0.39, 0.29) is 5.91 Å².